The van der Waals surface area contributed by atoms with Crippen molar-refractivity contribution in [3.05, 3.63) is 32.4 Å². The van der Waals surface area contributed by atoms with E-state index >= 15 is 0 Å². The molecule has 1 N–H and O–H groups in total. The standard InChI is InChI=1S/C7H5ClN2OS2/c8-6-2-1-4(12-6)7(11)5-3-9-10-13-5/h1-3,7,11H. The molecule has 0 aliphatic rings. The lowest BCUT2D eigenvalue weighted by Crippen LogP contribution is -1.92. The molecular formula is C7H5ClN2OS2. The van der Waals surface area contributed by atoms with Crippen molar-refractivity contribution >= 4 is 34.5 Å². The van der Waals surface area contributed by atoms with Crippen LogP contribution in [-0.4, -0.2) is 14.7 Å². The third-order valence-corrected chi connectivity index (χ3v) is 3.51. The van der Waals surface area contributed by atoms with Gasteiger partial charge in [-0.25, -0.2) is 0 Å². The van der Waals surface area contributed by atoms with Gasteiger partial charge in [0.2, 0.25) is 0 Å². The Labute approximate surface area is 87.8 Å². The number of rotatable bonds is 2. The average Bonchev–Trinajstić information content (AvgIpc) is 2.72. The molecule has 6 heteroatoms. The fourth-order valence-corrected chi connectivity index (χ4v) is 2.56. The van der Waals surface area contributed by atoms with Crippen LogP contribution in [0, 0.1) is 0 Å². The number of nitrogens with zero attached hydrogens (tertiary/aromatic N) is 2. The van der Waals surface area contributed by atoms with E-state index in [1.165, 1.54) is 22.9 Å². The Hall–Kier alpha value is -0.490. The third kappa shape index (κ3) is 1.88. The van der Waals surface area contributed by atoms with Crippen LogP contribution in [0.4, 0.5) is 0 Å². The zero-order chi connectivity index (χ0) is 9.26. The van der Waals surface area contributed by atoms with Gasteiger partial charge in [0.15, 0.2) is 0 Å². The summed E-state index contributed by atoms with van der Waals surface area (Å²) in [4.78, 5) is 1.55. The van der Waals surface area contributed by atoms with Crippen molar-refractivity contribution in [3.63, 3.8) is 0 Å². The highest BCUT2D eigenvalue weighted by atomic mass is 35.5. The molecule has 1 unspecified atom stereocenters. The summed E-state index contributed by atoms with van der Waals surface area (Å²) in [6.07, 6.45) is 0.917. The van der Waals surface area contributed by atoms with Crippen LogP contribution in [0.15, 0.2) is 18.3 Å². The van der Waals surface area contributed by atoms with Crippen LogP contribution < -0.4 is 0 Å². The number of aliphatic hydroxyl groups is 1. The molecule has 0 spiro atoms. The maximum atomic E-state index is 9.78. The highest BCUT2D eigenvalue weighted by Gasteiger charge is 2.14. The predicted molar refractivity (Wildman–Crippen MR) is 53.3 cm³/mol. The Morgan fingerprint density at radius 2 is 2.23 bits per heavy atom. The van der Waals surface area contributed by atoms with Gasteiger partial charge in [0, 0.05) is 4.88 Å². The van der Waals surface area contributed by atoms with Crippen LogP contribution >= 0.6 is 34.5 Å². The molecule has 2 rings (SSSR count). The molecule has 13 heavy (non-hydrogen) atoms. The molecule has 0 saturated heterocycles. The zero-order valence-electron chi connectivity index (χ0n) is 6.35. The summed E-state index contributed by atoms with van der Waals surface area (Å²) in [5, 5.41) is 13.4. The van der Waals surface area contributed by atoms with Gasteiger partial charge in [0.1, 0.15) is 6.10 Å². The van der Waals surface area contributed by atoms with E-state index in [1.54, 1.807) is 18.3 Å². The molecule has 3 nitrogen and oxygen atoms in total. The average molecular weight is 233 g/mol. The van der Waals surface area contributed by atoms with Crippen LogP contribution in [-0.2, 0) is 0 Å². The number of halogens is 1. The van der Waals surface area contributed by atoms with Crippen molar-refractivity contribution in [2.45, 2.75) is 6.10 Å². The van der Waals surface area contributed by atoms with E-state index in [0.29, 0.717) is 4.34 Å². The number of thiophene rings is 1. The minimum absolute atomic E-state index is 0.641. The van der Waals surface area contributed by atoms with Gasteiger partial charge < -0.3 is 5.11 Å². The molecule has 2 aromatic heterocycles. The van der Waals surface area contributed by atoms with Crippen molar-refractivity contribution in [1.29, 1.82) is 0 Å². The van der Waals surface area contributed by atoms with E-state index in [2.05, 4.69) is 9.59 Å². The van der Waals surface area contributed by atoms with E-state index in [9.17, 15) is 5.11 Å². The fraction of sp³-hybridized carbons (Fsp3) is 0.143. The van der Waals surface area contributed by atoms with Crippen molar-refractivity contribution < 1.29 is 5.11 Å². The number of aliphatic hydroxyl groups excluding tert-OH is 1. The topological polar surface area (TPSA) is 46.0 Å². The second-order valence-electron chi connectivity index (χ2n) is 2.36. The Bertz CT molecular complexity index is 387. The Morgan fingerprint density at radius 3 is 2.77 bits per heavy atom. The summed E-state index contributed by atoms with van der Waals surface area (Å²) in [6, 6.07) is 3.57. The van der Waals surface area contributed by atoms with Gasteiger partial charge in [0.05, 0.1) is 15.4 Å². The van der Waals surface area contributed by atoms with Gasteiger partial charge in [-0.2, -0.15) is 0 Å². The molecule has 2 aromatic rings. The first kappa shape index (κ1) is 9.08. The summed E-state index contributed by atoms with van der Waals surface area (Å²) >= 11 is 8.29. The van der Waals surface area contributed by atoms with E-state index in [0.717, 1.165) is 9.75 Å². The zero-order valence-corrected chi connectivity index (χ0v) is 8.73. The lowest BCUT2D eigenvalue weighted by Gasteiger charge is -2.02. The molecule has 0 aromatic carbocycles. The first-order valence-electron chi connectivity index (χ1n) is 3.48. The first-order chi connectivity index (χ1) is 6.27. The van der Waals surface area contributed by atoms with E-state index in [-0.39, 0.29) is 0 Å². The van der Waals surface area contributed by atoms with Crippen LogP contribution in [0.1, 0.15) is 15.9 Å². The number of aromatic nitrogens is 2. The minimum atomic E-state index is -0.641. The SMILES string of the molecule is OC(c1cnns1)c1ccc(Cl)s1. The Kier molecular flexibility index (Phi) is 2.59. The van der Waals surface area contributed by atoms with Gasteiger partial charge in [-0.05, 0) is 23.7 Å². The Balaban J connectivity index is 2.28. The Morgan fingerprint density at radius 1 is 1.38 bits per heavy atom. The molecule has 0 bridgehead atoms. The summed E-state index contributed by atoms with van der Waals surface area (Å²) < 4.78 is 4.35. The van der Waals surface area contributed by atoms with Crippen molar-refractivity contribution in [2.24, 2.45) is 0 Å². The first-order valence-corrected chi connectivity index (χ1v) is 5.44. The van der Waals surface area contributed by atoms with Gasteiger partial charge in [-0.3, -0.25) is 0 Å². The van der Waals surface area contributed by atoms with E-state index < -0.39 is 6.10 Å². The summed E-state index contributed by atoms with van der Waals surface area (Å²) in [5.74, 6) is 0. The molecule has 1 atom stereocenters. The smallest absolute Gasteiger partial charge is 0.126 e. The van der Waals surface area contributed by atoms with Crippen LogP contribution in [0.3, 0.4) is 0 Å². The van der Waals surface area contributed by atoms with Gasteiger partial charge in [0.25, 0.3) is 0 Å². The third-order valence-electron chi connectivity index (χ3n) is 1.51. The molecule has 0 saturated carbocycles. The minimum Gasteiger partial charge on any atom is -0.382 e. The normalized spacial score (nSPS) is 13.1. The lowest BCUT2D eigenvalue weighted by molar-refractivity contribution is 0.228. The summed E-state index contributed by atoms with van der Waals surface area (Å²) in [5.41, 5.74) is 0. The maximum Gasteiger partial charge on any atom is 0.126 e. The molecule has 0 aliphatic heterocycles. The second-order valence-corrected chi connectivity index (χ2v) is 4.93. The molecule has 68 valence electrons. The van der Waals surface area contributed by atoms with Crippen LogP contribution in [0.5, 0.6) is 0 Å². The molecule has 0 amide bonds. The molecule has 0 aliphatic carbocycles. The van der Waals surface area contributed by atoms with Gasteiger partial charge in [-0.15, -0.1) is 16.4 Å². The molecule has 0 radical (unpaired) electrons. The summed E-state index contributed by atoms with van der Waals surface area (Å²) in [6.45, 7) is 0. The van der Waals surface area contributed by atoms with Gasteiger partial charge >= 0.3 is 0 Å². The van der Waals surface area contributed by atoms with Gasteiger partial charge in [-0.1, -0.05) is 16.1 Å². The highest BCUT2D eigenvalue weighted by molar-refractivity contribution is 7.16. The van der Waals surface area contributed by atoms with E-state index in [4.69, 9.17) is 11.6 Å². The number of hydrogen-bond donors (Lipinski definition) is 1. The molecule has 0 fully saturated rings. The second kappa shape index (κ2) is 3.71. The maximum absolute atomic E-state index is 9.78. The lowest BCUT2D eigenvalue weighted by atomic mass is 10.3. The monoisotopic (exact) mass is 232 g/mol. The van der Waals surface area contributed by atoms with Crippen LogP contribution in [0.2, 0.25) is 4.34 Å². The van der Waals surface area contributed by atoms with E-state index in [1.807, 2.05) is 0 Å². The highest BCUT2D eigenvalue weighted by Crippen LogP contribution is 2.31. The van der Waals surface area contributed by atoms with Crippen molar-refractivity contribution in [3.8, 4) is 0 Å². The largest absolute Gasteiger partial charge is 0.382 e. The van der Waals surface area contributed by atoms with Crippen molar-refractivity contribution in [2.75, 3.05) is 0 Å². The van der Waals surface area contributed by atoms with Crippen LogP contribution in [0.25, 0.3) is 0 Å². The van der Waals surface area contributed by atoms with Crippen molar-refractivity contribution in [1.82, 2.24) is 9.59 Å². The quantitative estimate of drug-likeness (QED) is 0.865. The molecular weight excluding hydrogens is 228 g/mol. The number of hydrogen-bond acceptors (Lipinski definition) is 5. The predicted octanol–water partition coefficient (Wildman–Crippen LogP) is 2.33. The molecule has 2 heterocycles. The fourth-order valence-electron chi connectivity index (χ4n) is 0.911. The summed E-state index contributed by atoms with van der Waals surface area (Å²) in [7, 11) is 0.